The van der Waals surface area contributed by atoms with Crippen molar-refractivity contribution in [3.05, 3.63) is 43.3 Å². The number of anilines is 1. The Bertz CT molecular complexity index is 850. The van der Waals surface area contributed by atoms with E-state index in [1.165, 1.54) is 20.4 Å². The van der Waals surface area contributed by atoms with Gasteiger partial charge in [-0.2, -0.15) is 5.10 Å². The van der Waals surface area contributed by atoms with E-state index >= 15 is 0 Å². The van der Waals surface area contributed by atoms with Crippen LogP contribution in [-0.2, 0) is 0 Å². The molecule has 0 bridgehead atoms. The number of nitrogens with one attached hydrogen (secondary N) is 2. The van der Waals surface area contributed by atoms with Crippen LogP contribution in [0.4, 0.5) is 5.95 Å². The monoisotopic (exact) mass is 370 g/mol. The summed E-state index contributed by atoms with van der Waals surface area (Å²) in [4.78, 5) is 18.5. The number of aromatic amines is 1. The van der Waals surface area contributed by atoms with E-state index < -0.39 is 0 Å². The summed E-state index contributed by atoms with van der Waals surface area (Å²) in [6.45, 7) is 3.44. The second kappa shape index (κ2) is 7.55. The maximum atomic E-state index is 11.7. The van der Waals surface area contributed by atoms with Gasteiger partial charge in [-0.15, -0.1) is 0 Å². The van der Waals surface area contributed by atoms with Crippen LogP contribution in [0.25, 0.3) is 0 Å². The summed E-state index contributed by atoms with van der Waals surface area (Å²) in [7, 11) is 2.94. The van der Waals surface area contributed by atoms with Crippen molar-refractivity contribution >= 4 is 35.4 Å². The fourth-order valence-electron chi connectivity index (χ4n) is 1.95. The molecule has 1 heterocycles. The number of hydrogen-bond donors (Lipinski definition) is 2. The number of H-pyrrole nitrogens is 1. The van der Waals surface area contributed by atoms with Crippen LogP contribution < -0.4 is 20.5 Å². The first kappa shape index (κ1) is 18.1. The van der Waals surface area contributed by atoms with Crippen molar-refractivity contribution in [3.8, 4) is 11.5 Å². The summed E-state index contributed by atoms with van der Waals surface area (Å²) >= 11 is 12.3. The minimum absolute atomic E-state index is 0.226. The highest BCUT2D eigenvalue weighted by Gasteiger charge is 2.16. The number of nitrogens with zero attached hydrogens (tertiary/aromatic N) is 2. The minimum atomic E-state index is -0.228. The molecular formula is C15H16Cl2N4O3. The van der Waals surface area contributed by atoms with Crippen LogP contribution >= 0.6 is 23.2 Å². The maximum absolute atomic E-state index is 11.7. The Labute approximate surface area is 148 Å². The van der Waals surface area contributed by atoms with Crippen molar-refractivity contribution in [2.45, 2.75) is 13.8 Å². The third-order valence-electron chi connectivity index (χ3n) is 3.34. The van der Waals surface area contributed by atoms with E-state index in [-0.39, 0.29) is 16.5 Å². The molecule has 0 radical (unpaired) electrons. The lowest BCUT2D eigenvalue weighted by Crippen LogP contribution is -2.15. The zero-order chi connectivity index (χ0) is 17.9. The third kappa shape index (κ3) is 3.63. The van der Waals surface area contributed by atoms with Crippen LogP contribution in [0.15, 0.2) is 16.0 Å². The Morgan fingerprint density at radius 1 is 1.25 bits per heavy atom. The highest BCUT2D eigenvalue weighted by molar-refractivity contribution is 6.38. The molecule has 0 aliphatic heterocycles. The first-order chi connectivity index (χ1) is 11.4. The Hall–Kier alpha value is -2.25. The van der Waals surface area contributed by atoms with Crippen LogP contribution in [0.1, 0.15) is 16.8 Å². The number of methoxy groups -OCH3 is 2. The number of hydrogen-bond acceptors (Lipinski definition) is 6. The molecule has 1 aromatic heterocycles. The van der Waals surface area contributed by atoms with Gasteiger partial charge in [-0.3, -0.25) is 9.78 Å². The topological polar surface area (TPSA) is 88.6 Å². The standard InChI is InChI=1S/C15H16Cl2N4O3/c1-7-8(2)19-15(20-14(7)22)21-18-6-9-5-10(16)13(24-4)11(17)12(9)23-3/h5-6H,1-4H3,(H2,19,20,21,22)/b18-6-. The number of hydrazone groups is 1. The molecule has 128 valence electrons. The maximum Gasteiger partial charge on any atom is 0.255 e. The quantitative estimate of drug-likeness (QED) is 0.623. The Morgan fingerprint density at radius 3 is 2.50 bits per heavy atom. The molecule has 0 atom stereocenters. The van der Waals surface area contributed by atoms with Gasteiger partial charge in [-0.05, 0) is 19.9 Å². The van der Waals surface area contributed by atoms with Gasteiger partial charge in [0.2, 0.25) is 5.95 Å². The van der Waals surface area contributed by atoms with Gasteiger partial charge in [-0.1, -0.05) is 23.2 Å². The number of rotatable bonds is 5. The highest BCUT2D eigenvalue weighted by atomic mass is 35.5. The summed E-state index contributed by atoms with van der Waals surface area (Å²) in [6, 6.07) is 1.60. The molecule has 2 aromatic rings. The van der Waals surface area contributed by atoms with Crippen LogP contribution in [0.3, 0.4) is 0 Å². The number of benzene rings is 1. The summed E-state index contributed by atoms with van der Waals surface area (Å²) in [5.41, 5.74) is 4.13. The van der Waals surface area contributed by atoms with E-state index in [0.29, 0.717) is 33.3 Å². The van der Waals surface area contributed by atoms with Crippen LogP contribution in [-0.4, -0.2) is 30.4 Å². The second-order valence-electron chi connectivity index (χ2n) is 4.82. The number of aromatic nitrogens is 2. The van der Waals surface area contributed by atoms with Gasteiger partial charge in [-0.25, -0.2) is 10.4 Å². The van der Waals surface area contributed by atoms with Crippen LogP contribution in [0, 0.1) is 13.8 Å². The Morgan fingerprint density at radius 2 is 1.92 bits per heavy atom. The molecule has 2 N–H and O–H groups in total. The third-order valence-corrected chi connectivity index (χ3v) is 3.96. The fourth-order valence-corrected chi connectivity index (χ4v) is 2.66. The van der Waals surface area contributed by atoms with Crippen molar-refractivity contribution in [2.24, 2.45) is 5.10 Å². The lowest BCUT2D eigenvalue weighted by molar-refractivity contribution is 0.394. The molecule has 0 spiro atoms. The zero-order valence-corrected chi connectivity index (χ0v) is 15.0. The van der Waals surface area contributed by atoms with E-state index in [1.54, 1.807) is 19.9 Å². The molecule has 0 saturated heterocycles. The average molecular weight is 371 g/mol. The van der Waals surface area contributed by atoms with Crippen molar-refractivity contribution in [1.29, 1.82) is 0 Å². The van der Waals surface area contributed by atoms with Crippen LogP contribution in [0.2, 0.25) is 10.0 Å². The van der Waals surface area contributed by atoms with Gasteiger partial charge in [0.05, 0.1) is 25.5 Å². The lowest BCUT2D eigenvalue weighted by atomic mass is 10.2. The van der Waals surface area contributed by atoms with Gasteiger partial charge in [0.15, 0.2) is 5.75 Å². The van der Waals surface area contributed by atoms with E-state index in [0.717, 1.165) is 0 Å². The molecule has 7 nitrogen and oxygen atoms in total. The summed E-state index contributed by atoms with van der Waals surface area (Å²) < 4.78 is 10.4. The summed E-state index contributed by atoms with van der Waals surface area (Å²) in [5.74, 6) is 0.912. The van der Waals surface area contributed by atoms with Gasteiger partial charge in [0, 0.05) is 16.8 Å². The molecule has 2 rings (SSSR count). The smallest absolute Gasteiger partial charge is 0.255 e. The second-order valence-corrected chi connectivity index (χ2v) is 5.61. The molecule has 0 unspecified atom stereocenters. The lowest BCUT2D eigenvalue weighted by Gasteiger charge is -2.12. The molecule has 0 fully saturated rings. The normalized spacial score (nSPS) is 10.9. The number of ether oxygens (including phenoxy) is 2. The first-order valence-electron chi connectivity index (χ1n) is 6.85. The molecule has 24 heavy (non-hydrogen) atoms. The van der Waals surface area contributed by atoms with Gasteiger partial charge >= 0.3 is 0 Å². The van der Waals surface area contributed by atoms with Gasteiger partial charge < -0.3 is 9.47 Å². The Kier molecular flexibility index (Phi) is 5.69. The minimum Gasteiger partial charge on any atom is -0.494 e. The fraction of sp³-hybridized carbons (Fsp3) is 0.267. The van der Waals surface area contributed by atoms with Crippen molar-refractivity contribution in [3.63, 3.8) is 0 Å². The summed E-state index contributed by atoms with van der Waals surface area (Å²) in [5, 5.41) is 4.59. The average Bonchev–Trinajstić information content (AvgIpc) is 2.53. The zero-order valence-electron chi connectivity index (χ0n) is 13.5. The summed E-state index contributed by atoms with van der Waals surface area (Å²) in [6.07, 6.45) is 1.45. The first-order valence-corrected chi connectivity index (χ1v) is 7.61. The van der Waals surface area contributed by atoms with Gasteiger partial charge in [0.1, 0.15) is 10.8 Å². The molecule has 9 heteroatoms. The molecular weight excluding hydrogens is 355 g/mol. The van der Waals surface area contributed by atoms with Crippen molar-refractivity contribution in [2.75, 3.05) is 19.6 Å². The SMILES string of the molecule is COc1c(Cl)cc(/C=N\Nc2nc(C)c(C)c(=O)[nH]2)c(OC)c1Cl. The van der Waals surface area contributed by atoms with Gasteiger partial charge in [0.25, 0.3) is 5.56 Å². The van der Waals surface area contributed by atoms with E-state index in [9.17, 15) is 4.79 Å². The number of aryl methyl sites for hydroxylation is 1. The van der Waals surface area contributed by atoms with Crippen LogP contribution in [0.5, 0.6) is 11.5 Å². The molecule has 0 amide bonds. The van der Waals surface area contributed by atoms with Crippen molar-refractivity contribution < 1.29 is 9.47 Å². The van der Waals surface area contributed by atoms with Crippen molar-refractivity contribution in [1.82, 2.24) is 9.97 Å². The predicted octanol–water partition coefficient (Wildman–Crippen LogP) is 3.16. The van der Waals surface area contributed by atoms with E-state index in [2.05, 4.69) is 20.5 Å². The molecule has 0 saturated carbocycles. The largest absolute Gasteiger partial charge is 0.494 e. The molecule has 0 aliphatic rings. The van der Waals surface area contributed by atoms with E-state index in [1.807, 2.05) is 0 Å². The number of halogens is 2. The molecule has 1 aromatic carbocycles. The predicted molar refractivity (Wildman–Crippen MR) is 95.1 cm³/mol. The Balaban J connectivity index is 2.31. The highest BCUT2D eigenvalue weighted by Crippen LogP contribution is 2.41. The van der Waals surface area contributed by atoms with E-state index in [4.69, 9.17) is 32.7 Å². The molecule has 0 aliphatic carbocycles.